The van der Waals surface area contributed by atoms with Crippen molar-refractivity contribution in [3.05, 3.63) is 112 Å². The number of aromatic nitrogens is 2. The Labute approximate surface area is 227 Å². The summed E-state index contributed by atoms with van der Waals surface area (Å²) < 4.78 is 1.06. The maximum atomic E-state index is 4.03. The number of thioether (sulfide) groups is 1. The Kier molecular flexibility index (Phi) is 12.9. The first-order valence-corrected chi connectivity index (χ1v) is 14.8. The molecule has 0 atom stereocenters. The van der Waals surface area contributed by atoms with E-state index in [1.54, 1.807) is 23.1 Å². The van der Waals surface area contributed by atoms with Gasteiger partial charge in [0.1, 0.15) is 5.01 Å². The first-order valence-electron chi connectivity index (χ1n) is 12.8. The van der Waals surface area contributed by atoms with Crippen molar-refractivity contribution in [2.75, 3.05) is 6.26 Å². The highest BCUT2D eigenvalue weighted by atomic mass is 32.2. The van der Waals surface area contributed by atoms with Crippen molar-refractivity contribution in [2.45, 2.75) is 70.6 Å². The second kappa shape index (κ2) is 15.6. The van der Waals surface area contributed by atoms with E-state index in [-0.39, 0.29) is 0 Å². The fraction of sp³-hybridized carbons (Fsp3) is 0.375. The van der Waals surface area contributed by atoms with Gasteiger partial charge in [-0.2, -0.15) is 0 Å². The molecule has 2 nitrogen and oxygen atoms in total. The molecule has 4 aromatic rings. The minimum absolute atomic E-state index is 0.502. The van der Waals surface area contributed by atoms with E-state index in [0.29, 0.717) is 23.7 Å². The number of hydrogen-bond acceptors (Lipinski definition) is 4. The highest BCUT2D eigenvalue weighted by Gasteiger charge is 2.17. The second-order valence-electron chi connectivity index (χ2n) is 9.87. The standard InChI is InChI=1S/C16H18.C10H14.C6H10N2S2/c1-13(2)16(14-9-5-3-6-10-14)15-11-7-4-8-12-15;1-8(2)10-6-4-9(3)5-7-10;1-4(2)5-7-8-6(9-3)10-5/h3-13,16H,1-2H3;4-8H,1-3H3;4H,1-3H3. The smallest absolute Gasteiger partial charge is 0.142 e. The molecule has 1 aromatic heterocycles. The summed E-state index contributed by atoms with van der Waals surface area (Å²) in [6.45, 7) is 15.4. The Morgan fingerprint density at radius 3 is 1.44 bits per heavy atom. The van der Waals surface area contributed by atoms with Gasteiger partial charge >= 0.3 is 0 Å². The van der Waals surface area contributed by atoms with Crippen LogP contribution in [0.4, 0.5) is 0 Å². The SMILES string of the molecule is CC(C)C(c1ccccc1)c1ccccc1.CSc1nnc(C(C)C)s1.Cc1ccc(C(C)C)cc1. The van der Waals surface area contributed by atoms with Crippen LogP contribution in [0.5, 0.6) is 0 Å². The number of hydrogen-bond donors (Lipinski definition) is 0. The molecule has 0 spiro atoms. The Morgan fingerprint density at radius 1 is 0.611 bits per heavy atom. The molecule has 0 unspecified atom stereocenters. The third-order valence-electron chi connectivity index (χ3n) is 5.82. The van der Waals surface area contributed by atoms with Gasteiger partial charge in [0.15, 0.2) is 4.34 Å². The lowest BCUT2D eigenvalue weighted by Crippen LogP contribution is -2.08. The molecule has 0 amide bonds. The van der Waals surface area contributed by atoms with Crippen LogP contribution < -0.4 is 0 Å². The predicted octanol–water partition coefficient (Wildman–Crippen LogP) is 9.98. The van der Waals surface area contributed by atoms with Gasteiger partial charge in [0.05, 0.1) is 0 Å². The molecule has 4 heteroatoms. The van der Waals surface area contributed by atoms with Crippen LogP contribution in [0.3, 0.4) is 0 Å². The van der Waals surface area contributed by atoms with Crippen LogP contribution in [0.1, 0.15) is 86.6 Å². The molecule has 0 saturated carbocycles. The molecule has 192 valence electrons. The second-order valence-corrected chi connectivity index (χ2v) is 11.9. The van der Waals surface area contributed by atoms with Crippen molar-refractivity contribution in [3.8, 4) is 0 Å². The lowest BCUT2D eigenvalue weighted by atomic mass is 9.83. The van der Waals surface area contributed by atoms with Crippen LogP contribution in [0.25, 0.3) is 0 Å². The topological polar surface area (TPSA) is 25.8 Å². The van der Waals surface area contributed by atoms with E-state index >= 15 is 0 Å². The molecular weight excluding hydrogens is 477 g/mol. The van der Waals surface area contributed by atoms with E-state index < -0.39 is 0 Å². The minimum atomic E-state index is 0.502. The summed E-state index contributed by atoms with van der Waals surface area (Å²) >= 11 is 3.33. The fourth-order valence-electron chi connectivity index (χ4n) is 3.77. The van der Waals surface area contributed by atoms with Crippen molar-refractivity contribution in [1.82, 2.24) is 10.2 Å². The molecule has 0 aliphatic heterocycles. The molecule has 0 aliphatic rings. The lowest BCUT2D eigenvalue weighted by Gasteiger charge is -2.21. The van der Waals surface area contributed by atoms with Gasteiger partial charge in [-0.15, -0.1) is 10.2 Å². The molecule has 0 aliphatic carbocycles. The first kappa shape index (κ1) is 29.8. The van der Waals surface area contributed by atoms with Gasteiger partial charge in [0, 0.05) is 11.8 Å². The minimum Gasteiger partial charge on any atom is -0.142 e. The number of nitrogens with zero attached hydrogens (tertiary/aromatic N) is 2. The van der Waals surface area contributed by atoms with Crippen molar-refractivity contribution >= 4 is 23.1 Å². The highest BCUT2D eigenvalue weighted by Crippen LogP contribution is 2.31. The van der Waals surface area contributed by atoms with Gasteiger partial charge in [-0.25, -0.2) is 0 Å². The Bertz CT molecular complexity index is 1060. The summed E-state index contributed by atoms with van der Waals surface area (Å²) in [5.41, 5.74) is 5.57. The van der Waals surface area contributed by atoms with Crippen LogP contribution in [0, 0.1) is 12.8 Å². The van der Waals surface area contributed by atoms with E-state index in [2.05, 4.69) is 144 Å². The summed E-state index contributed by atoms with van der Waals surface area (Å²) in [6, 6.07) is 30.2. The summed E-state index contributed by atoms with van der Waals surface area (Å²) in [5.74, 6) is 2.28. The van der Waals surface area contributed by atoms with Crippen LogP contribution in [-0.4, -0.2) is 16.5 Å². The number of benzene rings is 3. The van der Waals surface area contributed by atoms with Gasteiger partial charge < -0.3 is 0 Å². The monoisotopic (exact) mass is 518 g/mol. The maximum Gasteiger partial charge on any atom is 0.174 e. The van der Waals surface area contributed by atoms with E-state index in [4.69, 9.17) is 0 Å². The summed E-state index contributed by atoms with van der Waals surface area (Å²) in [7, 11) is 0. The average Bonchev–Trinajstić information content (AvgIpc) is 3.36. The third-order valence-corrected chi connectivity index (χ3v) is 8.02. The average molecular weight is 519 g/mol. The zero-order chi connectivity index (χ0) is 26.5. The summed E-state index contributed by atoms with van der Waals surface area (Å²) in [4.78, 5) is 0. The summed E-state index contributed by atoms with van der Waals surface area (Å²) in [6.07, 6.45) is 2.02. The molecule has 0 radical (unpaired) electrons. The largest absolute Gasteiger partial charge is 0.174 e. The van der Waals surface area contributed by atoms with Gasteiger partial charge in [0.2, 0.25) is 0 Å². The van der Waals surface area contributed by atoms with Crippen LogP contribution in [-0.2, 0) is 0 Å². The molecule has 0 fully saturated rings. The normalized spacial score (nSPS) is 10.8. The van der Waals surface area contributed by atoms with Gasteiger partial charge in [-0.05, 0) is 41.7 Å². The van der Waals surface area contributed by atoms with Crippen molar-refractivity contribution in [3.63, 3.8) is 0 Å². The summed E-state index contributed by atoms with van der Waals surface area (Å²) in [5, 5.41) is 9.15. The quantitative estimate of drug-likeness (QED) is 0.237. The highest BCUT2D eigenvalue weighted by molar-refractivity contribution is 8.00. The van der Waals surface area contributed by atoms with E-state index in [1.165, 1.54) is 22.3 Å². The van der Waals surface area contributed by atoms with Crippen molar-refractivity contribution in [2.24, 2.45) is 5.92 Å². The van der Waals surface area contributed by atoms with Gasteiger partial charge in [0.25, 0.3) is 0 Å². The van der Waals surface area contributed by atoms with Crippen molar-refractivity contribution < 1.29 is 0 Å². The zero-order valence-corrected chi connectivity index (χ0v) is 24.7. The van der Waals surface area contributed by atoms with Crippen molar-refractivity contribution in [1.29, 1.82) is 0 Å². The Balaban J connectivity index is 0.000000200. The molecule has 0 N–H and O–H groups in total. The zero-order valence-electron chi connectivity index (χ0n) is 23.1. The van der Waals surface area contributed by atoms with E-state index in [9.17, 15) is 0 Å². The van der Waals surface area contributed by atoms with E-state index in [1.807, 2.05) is 6.26 Å². The molecule has 0 saturated heterocycles. The fourth-order valence-corrected chi connectivity index (χ4v) is 5.06. The maximum absolute atomic E-state index is 4.03. The lowest BCUT2D eigenvalue weighted by molar-refractivity contribution is 0.564. The van der Waals surface area contributed by atoms with E-state index in [0.717, 1.165) is 9.35 Å². The van der Waals surface area contributed by atoms with Crippen LogP contribution in [0.2, 0.25) is 0 Å². The molecule has 1 heterocycles. The Hall–Kier alpha value is -2.43. The molecule has 3 aromatic carbocycles. The molecule has 4 rings (SSSR count). The predicted molar refractivity (Wildman–Crippen MR) is 161 cm³/mol. The third kappa shape index (κ3) is 9.91. The number of rotatable bonds is 6. The molecule has 36 heavy (non-hydrogen) atoms. The van der Waals surface area contributed by atoms with Crippen LogP contribution in [0.15, 0.2) is 89.3 Å². The number of aryl methyl sites for hydroxylation is 1. The van der Waals surface area contributed by atoms with Gasteiger partial charge in [-0.1, -0.05) is 155 Å². The molecule has 0 bridgehead atoms. The molecular formula is C32H42N2S2. The first-order chi connectivity index (χ1) is 17.2. The van der Waals surface area contributed by atoms with Gasteiger partial charge in [-0.3, -0.25) is 0 Å². The van der Waals surface area contributed by atoms with Crippen LogP contribution >= 0.6 is 23.1 Å². The Morgan fingerprint density at radius 2 is 1.11 bits per heavy atom.